The van der Waals surface area contributed by atoms with E-state index >= 15 is 0 Å². The van der Waals surface area contributed by atoms with Crippen molar-refractivity contribution in [1.29, 1.82) is 0 Å². The zero-order valence-corrected chi connectivity index (χ0v) is 21.5. The van der Waals surface area contributed by atoms with Crippen molar-refractivity contribution < 1.29 is 14.3 Å². The second-order valence-electron chi connectivity index (χ2n) is 8.49. The molecule has 0 radical (unpaired) electrons. The number of aryl methyl sites for hydroxylation is 1. The number of para-hydroxylation sites is 2. The molecular weight excluding hydrogens is 474 g/mol. The molecule has 1 atom stereocenters. The van der Waals surface area contributed by atoms with E-state index in [9.17, 15) is 9.59 Å². The molecule has 0 fully saturated rings. The Bertz CT molecular complexity index is 1690. The van der Waals surface area contributed by atoms with Crippen LogP contribution in [0.3, 0.4) is 0 Å². The quantitative estimate of drug-likeness (QED) is 0.378. The Morgan fingerprint density at radius 2 is 1.86 bits per heavy atom. The predicted molar refractivity (Wildman–Crippen MR) is 141 cm³/mol. The van der Waals surface area contributed by atoms with Gasteiger partial charge in [0, 0.05) is 35.3 Å². The molecule has 0 saturated carbocycles. The minimum Gasteiger partial charge on any atom is -0.494 e. The molecule has 0 saturated heterocycles. The predicted octanol–water partition coefficient (Wildman–Crippen LogP) is 3.69. The van der Waals surface area contributed by atoms with Crippen molar-refractivity contribution in [3.05, 3.63) is 96.8 Å². The first kappa shape index (κ1) is 23.8. The number of allylic oxidation sites excluding steroid dienone is 1. The number of ether oxygens (including phenoxy) is 2. The van der Waals surface area contributed by atoms with E-state index in [1.165, 1.54) is 11.3 Å². The van der Waals surface area contributed by atoms with Crippen LogP contribution in [0.4, 0.5) is 0 Å². The van der Waals surface area contributed by atoms with Gasteiger partial charge in [-0.05, 0) is 39.0 Å². The lowest BCUT2D eigenvalue weighted by Crippen LogP contribution is -2.40. The molecule has 0 bridgehead atoms. The Kier molecular flexibility index (Phi) is 6.36. The molecule has 2 aromatic heterocycles. The lowest BCUT2D eigenvalue weighted by molar-refractivity contribution is -0.139. The van der Waals surface area contributed by atoms with Gasteiger partial charge in [0.1, 0.15) is 11.8 Å². The molecular formula is C28H27N3O4S. The van der Waals surface area contributed by atoms with Crippen LogP contribution in [-0.4, -0.2) is 28.3 Å². The smallest absolute Gasteiger partial charge is 0.338 e. The van der Waals surface area contributed by atoms with Crippen LogP contribution in [0.15, 0.2) is 75.8 Å². The van der Waals surface area contributed by atoms with Gasteiger partial charge in [0.2, 0.25) is 0 Å². The van der Waals surface area contributed by atoms with Crippen molar-refractivity contribution in [2.75, 3.05) is 13.2 Å². The number of hydrogen-bond acceptors (Lipinski definition) is 6. The van der Waals surface area contributed by atoms with Crippen molar-refractivity contribution in [3.63, 3.8) is 0 Å². The number of carbonyl (C=O) groups excluding carboxylic acids is 1. The summed E-state index contributed by atoms with van der Waals surface area (Å²) in [5, 5.41) is 1.06. The van der Waals surface area contributed by atoms with Gasteiger partial charge in [-0.25, -0.2) is 9.79 Å². The van der Waals surface area contributed by atoms with Gasteiger partial charge >= 0.3 is 5.97 Å². The van der Waals surface area contributed by atoms with E-state index in [4.69, 9.17) is 9.47 Å². The van der Waals surface area contributed by atoms with Crippen LogP contribution < -0.4 is 19.6 Å². The Balaban J connectivity index is 1.77. The van der Waals surface area contributed by atoms with E-state index in [1.807, 2.05) is 79.3 Å². The van der Waals surface area contributed by atoms with E-state index in [1.54, 1.807) is 18.4 Å². The van der Waals surface area contributed by atoms with Crippen LogP contribution in [0.25, 0.3) is 17.0 Å². The molecule has 0 spiro atoms. The van der Waals surface area contributed by atoms with Gasteiger partial charge in [0.15, 0.2) is 4.80 Å². The van der Waals surface area contributed by atoms with Gasteiger partial charge in [-0.3, -0.25) is 9.36 Å². The number of esters is 1. The Hall–Kier alpha value is -3.91. The molecule has 3 heterocycles. The average molecular weight is 502 g/mol. The van der Waals surface area contributed by atoms with Gasteiger partial charge < -0.3 is 14.0 Å². The fourth-order valence-electron chi connectivity index (χ4n) is 4.71. The van der Waals surface area contributed by atoms with Crippen molar-refractivity contribution >= 4 is 34.3 Å². The summed E-state index contributed by atoms with van der Waals surface area (Å²) in [6, 6.07) is 14.9. The van der Waals surface area contributed by atoms with Crippen molar-refractivity contribution in [2.45, 2.75) is 26.8 Å². The van der Waals surface area contributed by atoms with Crippen molar-refractivity contribution in [1.82, 2.24) is 9.13 Å². The molecule has 7 nitrogen and oxygen atoms in total. The molecule has 1 aliphatic rings. The third-order valence-electron chi connectivity index (χ3n) is 6.24. The number of benzene rings is 2. The Labute approximate surface area is 212 Å². The first-order valence-corrected chi connectivity index (χ1v) is 12.7. The van der Waals surface area contributed by atoms with Gasteiger partial charge in [-0.1, -0.05) is 47.7 Å². The first-order valence-electron chi connectivity index (χ1n) is 11.9. The van der Waals surface area contributed by atoms with E-state index in [-0.39, 0.29) is 12.2 Å². The lowest BCUT2D eigenvalue weighted by atomic mass is 9.95. The molecule has 0 amide bonds. The van der Waals surface area contributed by atoms with Crippen LogP contribution in [0.5, 0.6) is 5.75 Å². The molecule has 8 heteroatoms. The maximum Gasteiger partial charge on any atom is 0.338 e. The van der Waals surface area contributed by atoms with Gasteiger partial charge in [-0.2, -0.15) is 0 Å². The number of fused-ring (bicyclic) bond motifs is 2. The van der Waals surface area contributed by atoms with Crippen molar-refractivity contribution in [2.24, 2.45) is 12.0 Å². The number of hydrogen-bond donors (Lipinski definition) is 0. The number of rotatable bonds is 6. The zero-order chi connectivity index (χ0) is 25.4. The van der Waals surface area contributed by atoms with Crippen LogP contribution >= 0.6 is 11.3 Å². The van der Waals surface area contributed by atoms with Gasteiger partial charge in [0.05, 0.1) is 29.0 Å². The zero-order valence-electron chi connectivity index (χ0n) is 20.6. The third-order valence-corrected chi connectivity index (χ3v) is 7.23. The largest absolute Gasteiger partial charge is 0.494 e. The van der Waals surface area contributed by atoms with E-state index in [2.05, 4.69) is 4.99 Å². The van der Waals surface area contributed by atoms with Crippen LogP contribution in [0, 0.1) is 0 Å². The number of carbonyl (C=O) groups is 1. The first-order chi connectivity index (χ1) is 17.4. The summed E-state index contributed by atoms with van der Waals surface area (Å²) in [5.41, 5.74) is 3.41. The third kappa shape index (κ3) is 3.97. The summed E-state index contributed by atoms with van der Waals surface area (Å²) < 4.78 is 15.5. The summed E-state index contributed by atoms with van der Waals surface area (Å²) >= 11 is 1.31. The van der Waals surface area contributed by atoms with Crippen LogP contribution in [-0.2, 0) is 16.6 Å². The van der Waals surface area contributed by atoms with Crippen LogP contribution in [0.1, 0.15) is 37.9 Å². The number of thiazole rings is 1. The highest BCUT2D eigenvalue weighted by molar-refractivity contribution is 7.07. The number of aromatic nitrogens is 2. The number of nitrogens with zero attached hydrogens (tertiary/aromatic N) is 3. The van der Waals surface area contributed by atoms with E-state index in [0.29, 0.717) is 33.0 Å². The standard InChI is InChI=1S/C28H27N3O4S/c1-5-34-22-14-10-8-12-20(22)25-24(27(33)35-6-2)17(3)29-28-31(25)26(32)23(36-28)15-18-16-30(4)21-13-9-7-11-19(18)21/h7-16,25H,5-6H2,1-4H3/b23-15-/t25-/m0/s1. The van der Waals surface area contributed by atoms with Crippen molar-refractivity contribution in [3.8, 4) is 5.75 Å². The second-order valence-corrected chi connectivity index (χ2v) is 9.49. The molecule has 1 aliphatic heterocycles. The van der Waals surface area contributed by atoms with E-state index < -0.39 is 12.0 Å². The normalized spacial score (nSPS) is 15.7. The minimum atomic E-state index is -0.710. The molecule has 184 valence electrons. The fraction of sp³-hybridized carbons (Fsp3) is 0.250. The molecule has 36 heavy (non-hydrogen) atoms. The lowest BCUT2D eigenvalue weighted by Gasteiger charge is -2.26. The second kappa shape index (κ2) is 9.62. The van der Waals surface area contributed by atoms with Crippen LogP contribution in [0.2, 0.25) is 0 Å². The van der Waals surface area contributed by atoms with Gasteiger partial charge in [0.25, 0.3) is 5.56 Å². The molecule has 4 aromatic rings. The molecule has 5 rings (SSSR count). The highest BCUT2D eigenvalue weighted by Crippen LogP contribution is 2.35. The summed E-state index contributed by atoms with van der Waals surface area (Å²) in [4.78, 5) is 32.2. The maximum atomic E-state index is 13.9. The minimum absolute atomic E-state index is 0.211. The Morgan fingerprint density at radius 1 is 1.11 bits per heavy atom. The monoisotopic (exact) mass is 501 g/mol. The summed E-state index contributed by atoms with van der Waals surface area (Å²) in [6.07, 6.45) is 3.92. The summed E-state index contributed by atoms with van der Waals surface area (Å²) in [7, 11) is 1.99. The molecule has 0 N–H and O–H groups in total. The fourth-order valence-corrected chi connectivity index (χ4v) is 5.75. The average Bonchev–Trinajstić information content (AvgIpc) is 3.35. The highest BCUT2D eigenvalue weighted by Gasteiger charge is 2.35. The maximum absolute atomic E-state index is 13.9. The molecule has 0 aliphatic carbocycles. The molecule has 0 unspecified atom stereocenters. The van der Waals surface area contributed by atoms with E-state index in [0.717, 1.165) is 22.0 Å². The SMILES string of the molecule is CCOC(=O)C1=C(C)N=c2s/c(=C\c3cn(C)c4ccccc34)c(=O)n2[C@H]1c1ccccc1OCC. The summed E-state index contributed by atoms with van der Waals surface area (Å²) in [6.45, 7) is 6.12. The Morgan fingerprint density at radius 3 is 2.64 bits per heavy atom. The highest BCUT2D eigenvalue weighted by atomic mass is 32.1. The molecule has 2 aromatic carbocycles. The van der Waals surface area contributed by atoms with Gasteiger partial charge in [-0.15, -0.1) is 0 Å². The topological polar surface area (TPSA) is 74.8 Å². The summed E-state index contributed by atoms with van der Waals surface area (Å²) in [5.74, 6) is 0.128.